The van der Waals surface area contributed by atoms with Gasteiger partial charge in [-0.2, -0.15) is 4.99 Å². The van der Waals surface area contributed by atoms with Crippen LogP contribution in [0.25, 0.3) is 17.1 Å². The van der Waals surface area contributed by atoms with Gasteiger partial charge in [-0.3, -0.25) is 9.69 Å². The molecule has 228 valence electrons. The van der Waals surface area contributed by atoms with E-state index in [1.807, 2.05) is 32.0 Å². The zero-order valence-corrected chi connectivity index (χ0v) is 24.3. The van der Waals surface area contributed by atoms with Gasteiger partial charge in [0.2, 0.25) is 5.91 Å². The highest BCUT2D eigenvalue weighted by atomic mass is 32.2. The third-order valence-electron chi connectivity index (χ3n) is 6.44. The lowest BCUT2D eigenvalue weighted by Gasteiger charge is -2.22. The van der Waals surface area contributed by atoms with E-state index in [4.69, 9.17) is 0 Å². The van der Waals surface area contributed by atoms with Gasteiger partial charge in [0.05, 0.1) is 22.8 Å². The van der Waals surface area contributed by atoms with Crippen molar-refractivity contribution in [2.45, 2.75) is 26.1 Å². The molecule has 0 bridgehead atoms. The number of amidine groups is 1. The minimum atomic E-state index is -4.81. The van der Waals surface area contributed by atoms with Crippen LogP contribution in [0.3, 0.4) is 0 Å². The van der Waals surface area contributed by atoms with Crippen molar-refractivity contribution < 1.29 is 31.9 Å². The summed E-state index contributed by atoms with van der Waals surface area (Å²) in [4.78, 5) is 35.3. The first-order valence-electron chi connectivity index (χ1n) is 13.2. The first-order chi connectivity index (χ1) is 20.9. The van der Waals surface area contributed by atoms with Gasteiger partial charge in [-0.05, 0) is 66.1 Å². The number of nitrogens with zero attached hydrogens (tertiary/aromatic N) is 5. The van der Waals surface area contributed by atoms with Crippen LogP contribution in [0.1, 0.15) is 25.3 Å². The Kier molecular flexibility index (Phi) is 8.58. The molecule has 1 aliphatic heterocycles. The number of halogens is 4. The van der Waals surface area contributed by atoms with Gasteiger partial charge < -0.3 is 15.4 Å². The monoisotopic (exact) mass is 627 g/mol. The van der Waals surface area contributed by atoms with E-state index >= 15 is 4.39 Å². The third kappa shape index (κ3) is 6.83. The van der Waals surface area contributed by atoms with Crippen molar-refractivity contribution in [2.75, 3.05) is 28.3 Å². The van der Waals surface area contributed by atoms with Gasteiger partial charge >= 0.3 is 12.4 Å². The van der Waals surface area contributed by atoms with Gasteiger partial charge in [0.25, 0.3) is 0 Å². The molecular weight excluding hydrogens is 602 g/mol. The number of urea groups is 1. The standard InChI is InChI=1S/C29H25F4N7O3S/c1-16(2)21-10-5-18(34-3)13-24(21)40-25(41)14-44-28(40)37-27(42)36-23-11-4-17(12-22(23)30)26-35-15-39(38-26)19-6-8-20(9-7-19)43-29(31,32)33/h4-13,15-16,34H,14H2,1-3H3,(H,36,42). The second-order valence-corrected chi connectivity index (χ2v) is 10.7. The number of ether oxygens (including phenoxy) is 1. The summed E-state index contributed by atoms with van der Waals surface area (Å²) in [5.74, 6) is -1.07. The molecular formula is C29H25F4N7O3S. The zero-order chi connectivity index (χ0) is 31.6. The lowest BCUT2D eigenvalue weighted by atomic mass is 10.00. The van der Waals surface area contributed by atoms with Crippen molar-refractivity contribution in [3.05, 3.63) is 78.4 Å². The second kappa shape index (κ2) is 12.4. The number of hydrogen-bond donors (Lipinski definition) is 2. The van der Waals surface area contributed by atoms with Crippen LogP contribution in [-0.2, 0) is 4.79 Å². The maximum absolute atomic E-state index is 15.0. The highest BCUT2D eigenvalue weighted by Gasteiger charge is 2.33. The molecule has 2 N–H and O–H groups in total. The molecule has 0 saturated carbocycles. The predicted octanol–water partition coefficient (Wildman–Crippen LogP) is 6.81. The summed E-state index contributed by atoms with van der Waals surface area (Å²) >= 11 is 1.11. The van der Waals surface area contributed by atoms with Gasteiger partial charge in [0, 0.05) is 18.3 Å². The van der Waals surface area contributed by atoms with Crippen LogP contribution < -0.4 is 20.3 Å². The number of rotatable bonds is 7. The molecule has 1 aromatic heterocycles. The summed E-state index contributed by atoms with van der Waals surface area (Å²) in [6, 6.07) is 13.7. The molecule has 1 fully saturated rings. The molecule has 0 spiro atoms. The SMILES string of the molecule is CNc1ccc(C(C)C)c(N2C(=O)CSC2=NC(=O)Nc2ccc(-c3ncn(-c4ccc(OC(F)(F)F)cc4)n3)cc2F)c1. The number of benzene rings is 3. The van der Waals surface area contributed by atoms with Gasteiger partial charge in [-0.1, -0.05) is 31.7 Å². The quantitative estimate of drug-likeness (QED) is 0.217. The Morgan fingerprint density at radius 3 is 2.50 bits per heavy atom. The summed E-state index contributed by atoms with van der Waals surface area (Å²) in [6.07, 6.45) is -3.49. The molecule has 1 saturated heterocycles. The number of nitrogens with one attached hydrogen (secondary N) is 2. The van der Waals surface area contributed by atoms with Gasteiger partial charge in [-0.25, -0.2) is 18.9 Å². The van der Waals surface area contributed by atoms with E-state index in [-0.39, 0.29) is 45.6 Å². The number of thioether (sulfide) groups is 1. The molecule has 44 heavy (non-hydrogen) atoms. The summed E-state index contributed by atoms with van der Waals surface area (Å²) in [5.41, 5.74) is 2.84. The molecule has 0 radical (unpaired) electrons. The Balaban J connectivity index is 1.31. The van der Waals surface area contributed by atoms with Gasteiger partial charge in [-0.15, -0.1) is 18.3 Å². The first-order valence-corrected chi connectivity index (χ1v) is 14.2. The molecule has 0 aliphatic carbocycles. The average Bonchev–Trinajstić information content (AvgIpc) is 3.60. The molecule has 10 nitrogen and oxygen atoms in total. The molecule has 5 rings (SSSR count). The summed E-state index contributed by atoms with van der Waals surface area (Å²) in [6.45, 7) is 3.99. The van der Waals surface area contributed by atoms with Gasteiger partial charge in [0.15, 0.2) is 11.0 Å². The molecule has 3 aromatic carbocycles. The molecule has 3 amide bonds. The lowest BCUT2D eigenvalue weighted by molar-refractivity contribution is -0.274. The summed E-state index contributed by atoms with van der Waals surface area (Å²) in [5, 5.41) is 9.88. The second-order valence-electron chi connectivity index (χ2n) is 9.77. The smallest absolute Gasteiger partial charge is 0.406 e. The molecule has 0 unspecified atom stereocenters. The predicted molar refractivity (Wildman–Crippen MR) is 160 cm³/mol. The average molecular weight is 628 g/mol. The molecule has 4 aromatic rings. The maximum Gasteiger partial charge on any atom is 0.573 e. The summed E-state index contributed by atoms with van der Waals surface area (Å²) < 4.78 is 57.4. The third-order valence-corrected chi connectivity index (χ3v) is 7.36. The Morgan fingerprint density at radius 1 is 1.09 bits per heavy atom. The Bertz CT molecular complexity index is 1740. The topological polar surface area (TPSA) is 114 Å². The van der Waals surface area contributed by atoms with Crippen LogP contribution in [0.15, 0.2) is 72.0 Å². The van der Waals surface area contributed by atoms with Crippen molar-refractivity contribution >= 4 is 45.9 Å². The van der Waals surface area contributed by atoms with Crippen LogP contribution in [0.5, 0.6) is 5.75 Å². The Morgan fingerprint density at radius 2 is 1.84 bits per heavy atom. The van der Waals surface area contributed by atoms with E-state index in [0.717, 1.165) is 41.2 Å². The fraction of sp³-hybridized carbons (Fsp3) is 0.207. The highest BCUT2D eigenvalue weighted by Crippen LogP contribution is 2.35. The minimum absolute atomic E-state index is 0.0938. The van der Waals surface area contributed by atoms with Crippen LogP contribution in [0, 0.1) is 5.82 Å². The number of carbonyl (C=O) groups excluding carboxylic acids is 2. The van der Waals surface area contributed by atoms with E-state index in [2.05, 4.69) is 30.4 Å². The van der Waals surface area contributed by atoms with E-state index in [1.54, 1.807) is 7.05 Å². The number of amides is 3. The minimum Gasteiger partial charge on any atom is -0.406 e. The number of aliphatic imine (C=N–C) groups is 1. The Hall–Kier alpha value is -4.92. The van der Waals surface area contributed by atoms with E-state index in [0.29, 0.717) is 11.4 Å². The number of aromatic nitrogens is 3. The lowest BCUT2D eigenvalue weighted by Crippen LogP contribution is -2.31. The molecule has 15 heteroatoms. The van der Waals surface area contributed by atoms with Crippen LogP contribution in [0.2, 0.25) is 0 Å². The van der Waals surface area contributed by atoms with Crippen LogP contribution in [-0.4, -0.2) is 51.0 Å². The van der Waals surface area contributed by atoms with Gasteiger partial charge in [0.1, 0.15) is 17.9 Å². The maximum atomic E-state index is 15.0. The van der Waals surface area contributed by atoms with Crippen molar-refractivity contribution in [3.63, 3.8) is 0 Å². The van der Waals surface area contributed by atoms with Crippen molar-refractivity contribution in [1.29, 1.82) is 0 Å². The number of anilines is 3. The van der Waals surface area contributed by atoms with E-state index in [1.165, 1.54) is 40.2 Å². The normalized spacial score (nSPS) is 14.4. The van der Waals surface area contributed by atoms with E-state index < -0.39 is 18.2 Å². The number of alkyl halides is 3. The number of hydrogen-bond acceptors (Lipinski definition) is 7. The molecule has 2 heterocycles. The Labute approximate surface area is 253 Å². The fourth-order valence-corrected chi connectivity index (χ4v) is 5.23. The van der Waals surface area contributed by atoms with Crippen LogP contribution in [0.4, 0.5) is 39.4 Å². The van der Waals surface area contributed by atoms with Crippen LogP contribution >= 0.6 is 11.8 Å². The van der Waals surface area contributed by atoms with Crippen molar-refractivity contribution in [1.82, 2.24) is 14.8 Å². The summed E-state index contributed by atoms with van der Waals surface area (Å²) in [7, 11) is 1.76. The number of carbonyl (C=O) groups is 2. The highest BCUT2D eigenvalue weighted by molar-refractivity contribution is 8.15. The molecule has 0 atom stereocenters. The first kappa shape index (κ1) is 30.5. The fourth-order valence-electron chi connectivity index (χ4n) is 4.37. The largest absolute Gasteiger partial charge is 0.573 e. The van der Waals surface area contributed by atoms with Crippen molar-refractivity contribution in [2.24, 2.45) is 4.99 Å². The van der Waals surface area contributed by atoms with Crippen molar-refractivity contribution in [3.8, 4) is 22.8 Å². The molecule has 1 aliphatic rings. The zero-order valence-electron chi connectivity index (χ0n) is 23.5. The van der Waals surface area contributed by atoms with E-state index in [9.17, 15) is 22.8 Å².